The summed E-state index contributed by atoms with van der Waals surface area (Å²) in [6.45, 7) is 4.03. The van der Waals surface area contributed by atoms with Crippen LogP contribution in [0.4, 0.5) is 0 Å². The van der Waals surface area contributed by atoms with Crippen molar-refractivity contribution in [3.05, 3.63) is 29.8 Å². The van der Waals surface area contributed by atoms with Gasteiger partial charge in [0, 0.05) is 31.7 Å². The van der Waals surface area contributed by atoms with Crippen molar-refractivity contribution in [3.63, 3.8) is 0 Å². The van der Waals surface area contributed by atoms with E-state index in [-0.39, 0.29) is 18.0 Å². The maximum absolute atomic E-state index is 13.0. The molecular weight excluding hydrogens is 360 g/mol. The molecule has 3 aliphatic rings. The average Bonchev–Trinajstić information content (AvgIpc) is 3.10. The topological polar surface area (TPSA) is 88.5 Å². The molecule has 8 nitrogen and oxygen atoms in total. The summed E-state index contributed by atoms with van der Waals surface area (Å²) in [5, 5.41) is 10.5. The highest BCUT2D eigenvalue weighted by molar-refractivity contribution is 7.89. The van der Waals surface area contributed by atoms with Gasteiger partial charge in [-0.15, -0.1) is 0 Å². The second-order valence-corrected chi connectivity index (χ2v) is 8.72. The Morgan fingerprint density at radius 3 is 2.50 bits per heavy atom. The summed E-state index contributed by atoms with van der Waals surface area (Å²) in [4.78, 5) is 2.27. The van der Waals surface area contributed by atoms with Crippen LogP contribution in [0.15, 0.2) is 29.2 Å². The fraction of sp³-hybridized carbons (Fsp3) is 0.647. The van der Waals surface area contributed by atoms with Gasteiger partial charge in [0.1, 0.15) is 0 Å². The van der Waals surface area contributed by atoms with Gasteiger partial charge in [0.15, 0.2) is 0 Å². The Morgan fingerprint density at radius 1 is 1.08 bits per heavy atom. The van der Waals surface area contributed by atoms with E-state index in [0.29, 0.717) is 38.5 Å². The molecule has 0 aromatic heterocycles. The van der Waals surface area contributed by atoms with Crippen LogP contribution in [0.1, 0.15) is 5.56 Å². The van der Waals surface area contributed by atoms with Crippen molar-refractivity contribution in [1.29, 1.82) is 0 Å². The first-order valence-corrected chi connectivity index (χ1v) is 10.3. The standard InChI is InChI=1S/C17H24N2O6S/c20-14(11-18-5-7-23-8-6-18)12-19-13-17(24-9-10-25-17)15-3-1-2-4-16(15)26(19,21)22/h1-4,14,20H,5-13H2. The fourth-order valence-electron chi connectivity index (χ4n) is 3.79. The van der Waals surface area contributed by atoms with Crippen LogP contribution in [-0.2, 0) is 30.0 Å². The predicted molar refractivity (Wildman–Crippen MR) is 92.0 cm³/mol. The quantitative estimate of drug-likeness (QED) is 0.755. The number of benzene rings is 1. The van der Waals surface area contributed by atoms with Gasteiger partial charge in [0.2, 0.25) is 15.8 Å². The van der Waals surface area contributed by atoms with Crippen molar-refractivity contribution in [1.82, 2.24) is 9.21 Å². The average molecular weight is 384 g/mol. The van der Waals surface area contributed by atoms with Crippen molar-refractivity contribution >= 4 is 10.0 Å². The third-order valence-corrected chi connectivity index (χ3v) is 6.91. The van der Waals surface area contributed by atoms with Gasteiger partial charge in [-0.1, -0.05) is 18.2 Å². The number of morpholine rings is 1. The van der Waals surface area contributed by atoms with Crippen LogP contribution in [0.2, 0.25) is 0 Å². The van der Waals surface area contributed by atoms with E-state index in [0.717, 1.165) is 13.1 Å². The van der Waals surface area contributed by atoms with Crippen LogP contribution in [0, 0.1) is 0 Å². The number of ether oxygens (including phenoxy) is 3. The lowest BCUT2D eigenvalue weighted by atomic mass is 10.1. The van der Waals surface area contributed by atoms with E-state index >= 15 is 0 Å². The van der Waals surface area contributed by atoms with Crippen LogP contribution < -0.4 is 0 Å². The molecule has 26 heavy (non-hydrogen) atoms. The zero-order valence-corrected chi connectivity index (χ0v) is 15.4. The molecular formula is C17H24N2O6S. The van der Waals surface area contributed by atoms with E-state index in [1.165, 1.54) is 4.31 Å². The molecule has 2 fully saturated rings. The van der Waals surface area contributed by atoms with E-state index in [1.54, 1.807) is 24.3 Å². The number of sulfonamides is 1. The maximum Gasteiger partial charge on any atom is 0.243 e. The number of hydrogen-bond acceptors (Lipinski definition) is 7. The molecule has 1 aromatic carbocycles. The van der Waals surface area contributed by atoms with E-state index in [2.05, 4.69) is 4.90 Å². The third-order valence-electron chi connectivity index (χ3n) is 5.04. The lowest BCUT2D eigenvalue weighted by Gasteiger charge is -2.40. The van der Waals surface area contributed by atoms with E-state index in [9.17, 15) is 13.5 Å². The first-order valence-electron chi connectivity index (χ1n) is 8.87. The minimum absolute atomic E-state index is 0.00247. The Balaban J connectivity index is 1.56. The van der Waals surface area contributed by atoms with Crippen molar-refractivity contribution < 1.29 is 27.7 Å². The molecule has 1 aromatic rings. The Labute approximate surface area is 153 Å². The molecule has 0 saturated carbocycles. The van der Waals surface area contributed by atoms with Crippen LogP contribution in [-0.4, -0.2) is 88.0 Å². The number of β-amino-alcohol motifs (C(OH)–C–C–N with tert-alkyl or cyclic N) is 1. The van der Waals surface area contributed by atoms with Crippen LogP contribution in [0.5, 0.6) is 0 Å². The number of aliphatic hydroxyl groups excluding tert-OH is 1. The molecule has 0 bridgehead atoms. The molecule has 1 unspecified atom stereocenters. The van der Waals surface area contributed by atoms with Crippen LogP contribution in [0.25, 0.3) is 0 Å². The van der Waals surface area contributed by atoms with Gasteiger partial charge in [0.05, 0.1) is 44.0 Å². The predicted octanol–water partition coefficient (Wildman–Crippen LogP) is -0.416. The summed E-state index contributed by atoms with van der Waals surface area (Å²) < 4.78 is 44.3. The van der Waals surface area contributed by atoms with Gasteiger partial charge < -0.3 is 19.3 Å². The minimum atomic E-state index is -3.71. The van der Waals surface area contributed by atoms with Gasteiger partial charge in [-0.2, -0.15) is 4.31 Å². The van der Waals surface area contributed by atoms with Crippen LogP contribution in [0.3, 0.4) is 0 Å². The van der Waals surface area contributed by atoms with E-state index in [1.807, 2.05) is 0 Å². The molecule has 1 atom stereocenters. The maximum atomic E-state index is 13.0. The Bertz CT molecular complexity index is 743. The highest BCUT2D eigenvalue weighted by atomic mass is 32.2. The Kier molecular flexibility index (Phi) is 5.04. The number of aliphatic hydroxyl groups is 1. The van der Waals surface area contributed by atoms with Gasteiger partial charge in [-0.05, 0) is 6.07 Å². The number of rotatable bonds is 4. The highest BCUT2D eigenvalue weighted by Gasteiger charge is 2.50. The fourth-order valence-corrected chi connectivity index (χ4v) is 5.52. The first kappa shape index (κ1) is 18.3. The smallest absolute Gasteiger partial charge is 0.243 e. The lowest BCUT2D eigenvalue weighted by Crippen LogP contribution is -2.53. The van der Waals surface area contributed by atoms with Crippen molar-refractivity contribution in [2.24, 2.45) is 0 Å². The summed E-state index contributed by atoms with van der Waals surface area (Å²) in [6, 6.07) is 6.77. The second-order valence-electron chi connectivity index (χ2n) is 6.81. The number of fused-ring (bicyclic) bond motifs is 2. The monoisotopic (exact) mass is 384 g/mol. The lowest BCUT2D eigenvalue weighted by molar-refractivity contribution is -0.177. The zero-order valence-electron chi connectivity index (χ0n) is 14.5. The summed E-state index contributed by atoms with van der Waals surface area (Å²) in [7, 11) is -3.71. The third kappa shape index (κ3) is 3.29. The van der Waals surface area contributed by atoms with E-state index < -0.39 is 21.9 Å². The summed E-state index contributed by atoms with van der Waals surface area (Å²) in [5.41, 5.74) is 0.538. The first-order chi connectivity index (χ1) is 12.5. The van der Waals surface area contributed by atoms with Gasteiger partial charge in [0.25, 0.3) is 0 Å². The molecule has 1 spiro atoms. The molecule has 3 aliphatic heterocycles. The Hall–Kier alpha value is -1.07. The summed E-state index contributed by atoms with van der Waals surface area (Å²) >= 11 is 0. The van der Waals surface area contributed by atoms with Crippen molar-refractivity contribution in [2.75, 3.05) is 59.2 Å². The number of hydrogen-bond donors (Lipinski definition) is 1. The van der Waals surface area contributed by atoms with Gasteiger partial charge in [-0.3, -0.25) is 4.90 Å². The normalized spacial score (nSPS) is 26.7. The molecule has 1 N–H and O–H groups in total. The van der Waals surface area contributed by atoms with Gasteiger partial charge in [-0.25, -0.2) is 8.42 Å². The minimum Gasteiger partial charge on any atom is -0.390 e. The molecule has 0 radical (unpaired) electrons. The number of nitrogens with zero attached hydrogens (tertiary/aromatic N) is 2. The molecule has 4 rings (SSSR count). The molecule has 0 aliphatic carbocycles. The SMILES string of the molecule is O=S1(=O)c2ccccc2C2(CN1CC(O)CN1CCOCC1)OCCO2. The highest BCUT2D eigenvalue weighted by Crippen LogP contribution is 2.41. The zero-order chi connectivity index (χ0) is 18.2. The molecule has 3 heterocycles. The summed E-state index contributed by atoms with van der Waals surface area (Å²) in [6.07, 6.45) is -0.799. The largest absolute Gasteiger partial charge is 0.390 e. The molecule has 9 heteroatoms. The van der Waals surface area contributed by atoms with Crippen molar-refractivity contribution in [3.8, 4) is 0 Å². The molecule has 0 amide bonds. The van der Waals surface area contributed by atoms with E-state index in [4.69, 9.17) is 14.2 Å². The second kappa shape index (κ2) is 7.16. The summed E-state index contributed by atoms with van der Waals surface area (Å²) in [5.74, 6) is -1.08. The Morgan fingerprint density at radius 2 is 1.77 bits per heavy atom. The van der Waals surface area contributed by atoms with Crippen molar-refractivity contribution in [2.45, 2.75) is 16.8 Å². The molecule has 144 valence electrons. The molecule has 2 saturated heterocycles. The van der Waals surface area contributed by atoms with Gasteiger partial charge >= 0.3 is 0 Å². The van der Waals surface area contributed by atoms with Crippen LogP contribution >= 0.6 is 0 Å².